The Morgan fingerprint density at radius 1 is 1.05 bits per heavy atom. The molecule has 1 aromatic carbocycles. The Hall–Kier alpha value is -2.69. The lowest BCUT2D eigenvalue weighted by Crippen LogP contribution is -2.14. The van der Waals surface area contributed by atoms with Gasteiger partial charge in [-0.25, -0.2) is 0 Å². The smallest absolute Gasteiger partial charge is 0.255 e. The third-order valence-electron chi connectivity index (χ3n) is 3.76. The van der Waals surface area contributed by atoms with Crippen LogP contribution in [0.15, 0.2) is 30.5 Å². The number of nitrogens with one attached hydrogen (secondary N) is 1. The number of carbonyl (C=O) groups excluding carboxylic acids is 1. The molecule has 0 saturated heterocycles. The molecule has 3 aromatic rings. The van der Waals surface area contributed by atoms with Crippen molar-refractivity contribution in [3.8, 4) is 0 Å². The van der Waals surface area contributed by atoms with Gasteiger partial charge in [0.2, 0.25) is 0 Å². The van der Waals surface area contributed by atoms with Crippen LogP contribution in [0.4, 0.5) is 5.69 Å². The van der Waals surface area contributed by atoms with Crippen molar-refractivity contribution in [3.63, 3.8) is 0 Å². The van der Waals surface area contributed by atoms with E-state index >= 15 is 0 Å². The number of hydrogen-bond acceptors (Lipinski definition) is 3. The van der Waals surface area contributed by atoms with E-state index in [4.69, 9.17) is 0 Å². The summed E-state index contributed by atoms with van der Waals surface area (Å²) < 4.78 is 1.85. The fraction of sp³-hybridized carbons (Fsp3) is 0.235. The standard InChI is InChI=1S/C17H18N4O/c1-10-7-11(2)16(12(3)8-10)18-17(22)14-5-6-21-13(4)19-20-15(21)9-14/h5-9H,1-4H3,(H,18,22). The lowest BCUT2D eigenvalue weighted by molar-refractivity contribution is 0.102. The summed E-state index contributed by atoms with van der Waals surface area (Å²) >= 11 is 0. The summed E-state index contributed by atoms with van der Waals surface area (Å²) in [5, 5.41) is 11.0. The van der Waals surface area contributed by atoms with Gasteiger partial charge in [0.15, 0.2) is 5.65 Å². The number of aromatic nitrogens is 3. The van der Waals surface area contributed by atoms with E-state index in [1.807, 2.05) is 38.3 Å². The van der Waals surface area contributed by atoms with Gasteiger partial charge in [-0.3, -0.25) is 9.20 Å². The number of anilines is 1. The van der Waals surface area contributed by atoms with Crippen LogP contribution in [-0.2, 0) is 0 Å². The summed E-state index contributed by atoms with van der Waals surface area (Å²) in [5.41, 5.74) is 5.42. The number of amides is 1. The Bertz CT molecular complexity index is 856. The molecule has 0 radical (unpaired) electrons. The highest BCUT2D eigenvalue weighted by Crippen LogP contribution is 2.22. The normalized spacial score (nSPS) is 10.9. The van der Waals surface area contributed by atoms with E-state index in [0.717, 1.165) is 22.6 Å². The number of pyridine rings is 1. The van der Waals surface area contributed by atoms with Gasteiger partial charge in [0, 0.05) is 17.4 Å². The highest BCUT2D eigenvalue weighted by molar-refractivity contribution is 6.05. The number of benzene rings is 1. The summed E-state index contributed by atoms with van der Waals surface area (Å²) in [6, 6.07) is 7.65. The number of rotatable bonds is 2. The van der Waals surface area contributed by atoms with Crippen LogP contribution >= 0.6 is 0 Å². The van der Waals surface area contributed by atoms with Crippen LogP contribution in [0.1, 0.15) is 32.9 Å². The summed E-state index contributed by atoms with van der Waals surface area (Å²) in [6.45, 7) is 7.92. The molecule has 0 bridgehead atoms. The second-order valence-corrected chi connectivity index (χ2v) is 5.62. The van der Waals surface area contributed by atoms with E-state index in [9.17, 15) is 4.79 Å². The predicted octanol–water partition coefficient (Wildman–Crippen LogP) is 3.22. The van der Waals surface area contributed by atoms with Gasteiger partial charge < -0.3 is 5.32 Å². The topological polar surface area (TPSA) is 59.3 Å². The van der Waals surface area contributed by atoms with Crippen molar-refractivity contribution in [2.24, 2.45) is 0 Å². The lowest BCUT2D eigenvalue weighted by Gasteiger charge is -2.13. The van der Waals surface area contributed by atoms with Crippen LogP contribution in [0.5, 0.6) is 0 Å². The average Bonchev–Trinajstić information content (AvgIpc) is 2.83. The fourth-order valence-corrected chi connectivity index (χ4v) is 2.71. The van der Waals surface area contributed by atoms with Crippen molar-refractivity contribution >= 4 is 17.2 Å². The van der Waals surface area contributed by atoms with Gasteiger partial charge in [-0.2, -0.15) is 0 Å². The molecule has 2 heterocycles. The maximum absolute atomic E-state index is 12.5. The van der Waals surface area contributed by atoms with Gasteiger partial charge in [0.25, 0.3) is 5.91 Å². The molecule has 0 aliphatic heterocycles. The third kappa shape index (κ3) is 2.45. The molecule has 0 unspecified atom stereocenters. The second kappa shape index (κ2) is 5.26. The average molecular weight is 294 g/mol. The minimum absolute atomic E-state index is 0.141. The quantitative estimate of drug-likeness (QED) is 0.789. The van der Waals surface area contributed by atoms with Crippen molar-refractivity contribution in [1.29, 1.82) is 0 Å². The molecule has 112 valence electrons. The summed E-state index contributed by atoms with van der Waals surface area (Å²) in [5.74, 6) is 0.658. The maximum atomic E-state index is 12.5. The molecule has 2 aromatic heterocycles. The van der Waals surface area contributed by atoms with E-state index in [-0.39, 0.29) is 5.91 Å². The van der Waals surface area contributed by atoms with Gasteiger partial charge in [-0.05, 0) is 51.0 Å². The van der Waals surface area contributed by atoms with Crippen molar-refractivity contribution in [1.82, 2.24) is 14.6 Å². The van der Waals surface area contributed by atoms with E-state index in [2.05, 4.69) is 27.6 Å². The predicted molar refractivity (Wildman–Crippen MR) is 86.3 cm³/mol. The molecule has 5 heteroatoms. The SMILES string of the molecule is Cc1cc(C)c(NC(=O)c2ccn3c(C)nnc3c2)c(C)c1. The van der Waals surface area contributed by atoms with E-state index in [1.165, 1.54) is 5.56 Å². The van der Waals surface area contributed by atoms with Crippen molar-refractivity contribution in [2.45, 2.75) is 27.7 Å². The van der Waals surface area contributed by atoms with Crippen LogP contribution in [0.2, 0.25) is 0 Å². The van der Waals surface area contributed by atoms with E-state index in [1.54, 1.807) is 12.1 Å². The minimum Gasteiger partial charge on any atom is -0.322 e. The molecule has 0 spiro atoms. The molecule has 0 aliphatic carbocycles. The number of carbonyl (C=O) groups is 1. The molecule has 5 nitrogen and oxygen atoms in total. The fourth-order valence-electron chi connectivity index (χ4n) is 2.71. The van der Waals surface area contributed by atoms with Crippen molar-refractivity contribution < 1.29 is 4.79 Å². The first kappa shape index (κ1) is 14.3. The van der Waals surface area contributed by atoms with E-state index < -0.39 is 0 Å². The van der Waals surface area contributed by atoms with Crippen LogP contribution in [0, 0.1) is 27.7 Å². The molecule has 0 atom stereocenters. The summed E-state index contributed by atoms with van der Waals surface area (Å²) in [4.78, 5) is 12.5. The molecule has 22 heavy (non-hydrogen) atoms. The van der Waals surface area contributed by atoms with Gasteiger partial charge in [-0.1, -0.05) is 17.7 Å². The summed E-state index contributed by atoms with van der Waals surface area (Å²) in [6.07, 6.45) is 1.81. The zero-order valence-corrected chi connectivity index (χ0v) is 13.1. The van der Waals surface area contributed by atoms with Gasteiger partial charge in [0.1, 0.15) is 5.82 Å². The lowest BCUT2D eigenvalue weighted by atomic mass is 10.0. The second-order valence-electron chi connectivity index (χ2n) is 5.62. The number of nitrogens with zero attached hydrogens (tertiary/aromatic N) is 3. The Kier molecular flexibility index (Phi) is 3.41. The highest BCUT2D eigenvalue weighted by Gasteiger charge is 2.12. The Balaban J connectivity index is 1.93. The first-order valence-corrected chi connectivity index (χ1v) is 7.16. The first-order valence-electron chi connectivity index (χ1n) is 7.16. The van der Waals surface area contributed by atoms with Crippen LogP contribution in [0.25, 0.3) is 5.65 Å². The monoisotopic (exact) mass is 294 g/mol. The zero-order valence-electron chi connectivity index (χ0n) is 13.1. The van der Waals surface area contributed by atoms with Gasteiger partial charge in [-0.15, -0.1) is 10.2 Å². The molecule has 0 aliphatic rings. The van der Waals surface area contributed by atoms with Crippen molar-refractivity contribution in [3.05, 3.63) is 58.5 Å². The third-order valence-corrected chi connectivity index (χ3v) is 3.76. The van der Waals surface area contributed by atoms with Gasteiger partial charge >= 0.3 is 0 Å². The van der Waals surface area contributed by atoms with E-state index in [0.29, 0.717) is 11.2 Å². The van der Waals surface area contributed by atoms with Crippen LogP contribution < -0.4 is 5.32 Å². The molecular formula is C17H18N4O. The largest absolute Gasteiger partial charge is 0.322 e. The van der Waals surface area contributed by atoms with Crippen LogP contribution in [-0.4, -0.2) is 20.5 Å². The Morgan fingerprint density at radius 2 is 1.73 bits per heavy atom. The highest BCUT2D eigenvalue weighted by atomic mass is 16.1. The molecule has 0 fully saturated rings. The molecular weight excluding hydrogens is 276 g/mol. The number of hydrogen-bond donors (Lipinski definition) is 1. The van der Waals surface area contributed by atoms with Gasteiger partial charge in [0.05, 0.1) is 0 Å². The van der Waals surface area contributed by atoms with Crippen LogP contribution in [0.3, 0.4) is 0 Å². The first-order chi connectivity index (χ1) is 10.5. The number of fused-ring (bicyclic) bond motifs is 1. The maximum Gasteiger partial charge on any atom is 0.255 e. The Morgan fingerprint density at radius 3 is 2.41 bits per heavy atom. The molecule has 1 N–H and O–H groups in total. The van der Waals surface area contributed by atoms with Crippen molar-refractivity contribution in [2.75, 3.05) is 5.32 Å². The number of aryl methyl sites for hydroxylation is 4. The zero-order chi connectivity index (χ0) is 15.9. The molecule has 3 rings (SSSR count). The molecule has 0 saturated carbocycles. The Labute approximate surface area is 129 Å². The summed E-state index contributed by atoms with van der Waals surface area (Å²) in [7, 11) is 0. The minimum atomic E-state index is -0.141. The molecule has 1 amide bonds.